The van der Waals surface area contributed by atoms with E-state index in [0.29, 0.717) is 63.7 Å². The van der Waals surface area contributed by atoms with Crippen molar-refractivity contribution in [3.05, 3.63) is 142 Å². The third kappa shape index (κ3) is 14.8. The second kappa shape index (κ2) is 25.9. The largest absolute Gasteiger partial charge is 0.508 e. The smallest absolute Gasteiger partial charge is 0.494 e. The van der Waals surface area contributed by atoms with Crippen molar-refractivity contribution >= 4 is 81.1 Å². The van der Waals surface area contributed by atoms with Crippen molar-refractivity contribution in [3.8, 4) is 11.5 Å². The Morgan fingerprint density at radius 2 is 1.12 bits per heavy atom. The lowest BCUT2D eigenvalue weighted by Crippen LogP contribution is -2.24. The maximum absolute atomic E-state index is 14.0. The first-order chi connectivity index (χ1) is 39.7. The van der Waals surface area contributed by atoms with Crippen LogP contribution in [0.3, 0.4) is 0 Å². The van der Waals surface area contributed by atoms with Crippen molar-refractivity contribution < 1.29 is 52.5 Å². The Hall–Kier alpha value is -10.2. The van der Waals surface area contributed by atoms with Crippen LogP contribution in [-0.2, 0) is 58.2 Å². The highest BCUT2D eigenvalue weighted by Crippen LogP contribution is 2.34. The summed E-state index contributed by atoms with van der Waals surface area (Å²) in [5, 5.41) is 23.2. The first-order valence-corrected chi connectivity index (χ1v) is 26.5. The Bertz CT molecular complexity index is 3790. The number of ether oxygens (including phenoxy) is 5. The Kier molecular flexibility index (Phi) is 18.4. The predicted molar refractivity (Wildman–Crippen MR) is 306 cm³/mol. The summed E-state index contributed by atoms with van der Waals surface area (Å²) in [6, 6.07) is 23.3. The number of anilines is 2. The minimum atomic E-state index is -0.905. The molecular weight excluding hydrogens is 1070 g/mol. The van der Waals surface area contributed by atoms with Crippen LogP contribution in [0.5, 0.6) is 11.5 Å². The zero-order valence-electron chi connectivity index (χ0n) is 47.2. The van der Waals surface area contributed by atoms with Crippen LogP contribution < -0.4 is 31.6 Å². The molecule has 25 nitrogen and oxygen atoms in total. The molecule has 8 rings (SSSR count). The number of primary amides is 2. The number of rotatable bonds is 24. The summed E-state index contributed by atoms with van der Waals surface area (Å²) in [7, 11) is 1.44. The van der Waals surface area contributed by atoms with Gasteiger partial charge in [-0.2, -0.15) is 20.4 Å². The van der Waals surface area contributed by atoms with E-state index in [4.69, 9.17) is 45.1 Å². The molecule has 0 aliphatic heterocycles. The number of carbonyl (C=O) groups excluding carboxylic acids is 6. The van der Waals surface area contributed by atoms with Gasteiger partial charge in [0.2, 0.25) is 23.7 Å². The van der Waals surface area contributed by atoms with Gasteiger partial charge in [-0.3, -0.25) is 44.0 Å². The highest BCUT2D eigenvalue weighted by atomic mass is 16.7. The van der Waals surface area contributed by atoms with Gasteiger partial charge in [0.1, 0.15) is 46.1 Å². The lowest BCUT2D eigenvalue weighted by Gasteiger charge is -2.19. The van der Waals surface area contributed by atoms with Crippen LogP contribution in [0.15, 0.2) is 107 Å². The fraction of sp³-hybridized carbons (Fsp3) is 0.310. The quantitative estimate of drug-likeness (QED) is 0.0190. The number of fused-ring (bicyclic) bond motifs is 2. The first-order valence-electron chi connectivity index (χ1n) is 26.5. The number of nitrogens with zero attached hydrogens (tertiary/aromatic N) is 10. The SMILES string of the molecule is CCn1nc(C)cc1C(=O)Nc1nc2cc(C(N)=O)cc(OC)c2n1C/C=C/Cn1c(NC(=O)c2cc(C)nn2CC)nc2cc(C(N)=O)cc(OCCCOC(=O)OCc3ccc(N=Nc4ccc(CC(=O)OC(C)(C)C)cc4)cc3)c21. The molecule has 0 radical (unpaired) electrons. The number of hydrogen-bond donors (Lipinski definition) is 4. The summed E-state index contributed by atoms with van der Waals surface area (Å²) in [5.74, 6) is -2.05. The average Bonchev–Trinajstić information content (AvgIpc) is 4.43. The van der Waals surface area contributed by atoms with Gasteiger partial charge < -0.3 is 44.3 Å². The van der Waals surface area contributed by atoms with Gasteiger partial charge >= 0.3 is 12.1 Å². The zero-order valence-corrected chi connectivity index (χ0v) is 47.2. The fourth-order valence-electron chi connectivity index (χ4n) is 8.77. The molecule has 0 atom stereocenters. The summed E-state index contributed by atoms with van der Waals surface area (Å²) >= 11 is 0. The summed E-state index contributed by atoms with van der Waals surface area (Å²) in [5.41, 5.74) is 17.1. The number of esters is 1. The number of aromatic nitrogens is 8. The molecule has 6 N–H and O–H groups in total. The molecule has 0 fully saturated rings. The third-order valence-electron chi connectivity index (χ3n) is 12.5. The fourth-order valence-corrected chi connectivity index (χ4v) is 8.77. The molecule has 0 saturated heterocycles. The van der Waals surface area contributed by atoms with Crippen LogP contribution in [0.1, 0.15) is 105 Å². The average molecular weight is 1130 g/mol. The number of imidazole rings is 2. The molecule has 4 aromatic heterocycles. The van der Waals surface area contributed by atoms with Gasteiger partial charge in [-0.25, -0.2) is 14.8 Å². The van der Waals surface area contributed by atoms with Crippen LogP contribution in [0.25, 0.3) is 22.1 Å². The normalized spacial score (nSPS) is 11.6. The molecule has 4 heterocycles. The molecule has 83 heavy (non-hydrogen) atoms. The minimum absolute atomic E-state index is 0.00533. The van der Waals surface area contributed by atoms with Crippen LogP contribution in [0.4, 0.5) is 28.1 Å². The molecule has 0 aliphatic rings. The molecule has 4 amide bonds. The number of benzene rings is 4. The zero-order chi connectivity index (χ0) is 59.5. The number of carbonyl (C=O) groups is 6. The molecule has 0 saturated carbocycles. The van der Waals surface area contributed by atoms with Crippen LogP contribution in [0.2, 0.25) is 0 Å². The van der Waals surface area contributed by atoms with E-state index in [0.717, 1.165) is 5.56 Å². The number of nitrogens with two attached hydrogens (primary N) is 2. The second-order valence-corrected chi connectivity index (χ2v) is 19.9. The molecule has 432 valence electrons. The Labute approximate surface area is 476 Å². The van der Waals surface area contributed by atoms with Gasteiger partial charge in [-0.05, 0) is 120 Å². The standard InChI is InChI=1S/C58H64N14O11/c1-9-71-44(26-34(3)67-71)53(76)63-55-61-42-29-38(51(59)74)31-46(79-8)49(42)69(55)22-11-12-23-70-50-43(62-56(70)64-54(77)45-27-35(4)68-72(45)10-2)30-39(52(60)75)32-47(50)80-24-13-25-81-57(78)82-33-37-16-20-41(21-17-37)66-65-40-18-14-36(15-19-40)28-48(73)83-58(5,6)7/h11-12,14-21,26-27,29-32H,9-10,13,22-25,28,33H2,1-8H3,(H2,59,74)(H2,60,75)(H,61,63,76)(H,62,64,77)/b12-11+,66-65?. The monoisotopic (exact) mass is 1130 g/mol. The van der Waals surface area contributed by atoms with Crippen molar-refractivity contribution in [1.29, 1.82) is 0 Å². The molecule has 25 heteroatoms. The molecule has 0 spiro atoms. The number of nitrogens with one attached hydrogen (secondary N) is 2. The third-order valence-corrected chi connectivity index (χ3v) is 12.5. The number of allylic oxidation sites excluding steroid dienone is 2. The van der Waals surface area contributed by atoms with E-state index in [2.05, 4.69) is 31.1 Å². The maximum atomic E-state index is 14.0. The highest BCUT2D eigenvalue weighted by molar-refractivity contribution is 6.05. The van der Waals surface area contributed by atoms with E-state index in [1.54, 1.807) is 105 Å². The summed E-state index contributed by atoms with van der Waals surface area (Å²) in [6.45, 7) is 13.6. The lowest BCUT2D eigenvalue weighted by atomic mass is 10.1. The number of methoxy groups -OCH3 is 1. The van der Waals surface area contributed by atoms with Gasteiger partial charge in [0.25, 0.3) is 11.8 Å². The van der Waals surface area contributed by atoms with Crippen molar-refractivity contribution in [2.75, 3.05) is 31.0 Å². The van der Waals surface area contributed by atoms with Crippen LogP contribution in [0, 0.1) is 13.8 Å². The predicted octanol–water partition coefficient (Wildman–Crippen LogP) is 8.82. The van der Waals surface area contributed by atoms with Gasteiger partial charge in [-0.15, -0.1) is 0 Å². The Morgan fingerprint density at radius 3 is 1.59 bits per heavy atom. The topological polar surface area (TPSA) is 321 Å². The number of azo groups is 1. The first kappa shape index (κ1) is 58.9. The summed E-state index contributed by atoms with van der Waals surface area (Å²) in [4.78, 5) is 87.1. The number of amides is 4. The second-order valence-electron chi connectivity index (χ2n) is 19.9. The van der Waals surface area contributed by atoms with E-state index < -0.39 is 35.4 Å². The molecular formula is C58H64N14O11. The van der Waals surface area contributed by atoms with Crippen molar-refractivity contribution in [2.45, 2.75) is 99.7 Å². The van der Waals surface area contributed by atoms with Crippen LogP contribution in [-0.4, -0.2) is 100 Å². The molecule has 4 aromatic carbocycles. The number of aryl methyl sites for hydroxylation is 4. The molecule has 0 aliphatic carbocycles. The minimum Gasteiger partial charge on any atom is -0.494 e. The van der Waals surface area contributed by atoms with E-state index in [9.17, 15) is 28.8 Å². The number of hydrogen-bond acceptors (Lipinski definition) is 17. The lowest BCUT2D eigenvalue weighted by molar-refractivity contribution is -0.153. The van der Waals surface area contributed by atoms with E-state index in [-0.39, 0.29) is 97.5 Å². The van der Waals surface area contributed by atoms with E-state index in [1.807, 2.05) is 34.6 Å². The molecule has 0 bridgehead atoms. The van der Waals surface area contributed by atoms with E-state index >= 15 is 0 Å². The summed E-state index contributed by atoms with van der Waals surface area (Å²) < 4.78 is 34.6. The highest BCUT2D eigenvalue weighted by Gasteiger charge is 2.24. The van der Waals surface area contributed by atoms with Crippen molar-refractivity contribution in [2.24, 2.45) is 21.7 Å². The van der Waals surface area contributed by atoms with Crippen LogP contribution >= 0.6 is 0 Å². The Balaban J connectivity index is 0.962. The van der Waals surface area contributed by atoms with Crippen molar-refractivity contribution in [1.82, 2.24) is 38.7 Å². The van der Waals surface area contributed by atoms with Gasteiger partial charge in [0.05, 0.1) is 60.5 Å². The maximum Gasteiger partial charge on any atom is 0.508 e. The van der Waals surface area contributed by atoms with Gasteiger partial charge in [0.15, 0.2) is 0 Å². The molecule has 0 unspecified atom stereocenters. The Morgan fingerprint density at radius 1 is 0.639 bits per heavy atom. The van der Waals surface area contributed by atoms with Gasteiger partial charge in [-0.1, -0.05) is 36.4 Å². The van der Waals surface area contributed by atoms with E-state index in [1.165, 1.54) is 31.4 Å². The molecule has 8 aromatic rings. The van der Waals surface area contributed by atoms with Crippen molar-refractivity contribution in [3.63, 3.8) is 0 Å². The summed E-state index contributed by atoms with van der Waals surface area (Å²) in [6.07, 6.45) is 3.02. The van der Waals surface area contributed by atoms with Gasteiger partial charge in [0, 0.05) is 43.7 Å².